The lowest BCUT2D eigenvalue weighted by molar-refractivity contribution is 0.183. The van der Waals surface area contributed by atoms with E-state index in [2.05, 4.69) is 27.8 Å². The average molecular weight is 431 g/mol. The van der Waals surface area contributed by atoms with Crippen molar-refractivity contribution in [1.82, 2.24) is 9.62 Å². The van der Waals surface area contributed by atoms with Gasteiger partial charge in [0.05, 0.1) is 10.9 Å². The molecule has 0 amide bonds. The Balaban J connectivity index is 1.56. The molecule has 1 N–H and O–H groups in total. The van der Waals surface area contributed by atoms with Gasteiger partial charge in [0.2, 0.25) is 10.0 Å². The molecule has 1 atom stereocenters. The number of nitrogens with one attached hydrogen (secondary N) is 1. The lowest BCUT2D eigenvalue weighted by Crippen LogP contribution is -2.40. The van der Waals surface area contributed by atoms with Crippen molar-refractivity contribution < 1.29 is 12.8 Å². The Labute approximate surface area is 175 Å². The lowest BCUT2D eigenvalue weighted by atomic mass is 9.98. The van der Waals surface area contributed by atoms with Crippen LogP contribution in [0.2, 0.25) is 0 Å². The van der Waals surface area contributed by atoms with Crippen molar-refractivity contribution in [3.05, 3.63) is 87.4 Å². The zero-order chi connectivity index (χ0) is 20.4. The van der Waals surface area contributed by atoms with E-state index in [1.165, 1.54) is 29.3 Å². The quantitative estimate of drug-likeness (QED) is 0.635. The molecule has 1 aliphatic rings. The number of hydrogen-bond acceptors (Lipinski definition) is 4. The normalized spacial score (nSPS) is 15.8. The number of fused-ring (bicyclic) bond motifs is 1. The fourth-order valence-corrected chi connectivity index (χ4v) is 5.98. The van der Waals surface area contributed by atoms with E-state index in [0.29, 0.717) is 5.56 Å². The Morgan fingerprint density at radius 2 is 1.93 bits per heavy atom. The fraction of sp³-hybridized carbons (Fsp3) is 0.273. The highest BCUT2D eigenvalue weighted by Gasteiger charge is 2.27. The van der Waals surface area contributed by atoms with Gasteiger partial charge in [-0.15, -0.1) is 11.3 Å². The minimum Gasteiger partial charge on any atom is -0.290 e. The first kappa shape index (κ1) is 20.2. The van der Waals surface area contributed by atoms with Gasteiger partial charge >= 0.3 is 0 Å². The summed E-state index contributed by atoms with van der Waals surface area (Å²) >= 11 is 1.63. The third-order valence-electron chi connectivity index (χ3n) is 5.37. The van der Waals surface area contributed by atoms with Crippen molar-refractivity contribution in [3.8, 4) is 0 Å². The van der Waals surface area contributed by atoms with E-state index >= 15 is 0 Å². The molecule has 0 bridgehead atoms. The van der Waals surface area contributed by atoms with Crippen molar-refractivity contribution in [2.24, 2.45) is 0 Å². The van der Waals surface area contributed by atoms with Gasteiger partial charge in [0.1, 0.15) is 5.82 Å². The van der Waals surface area contributed by atoms with Gasteiger partial charge in [-0.3, -0.25) is 4.90 Å². The molecule has 0 saturated heterocycles. The molecule has 2 aromatic carbocycles. The molecule has 0 fully saturated rings. The van der Waals surface area contributed by atoms with Crippen LogP contribution in [0, 0.1) is 12.7 Å². The maximum atomic E-state index is 13.4. The molecule has 0 spiro atoms. The van der Waals surface area contributed by atoms with E-state index in [0.717, 1.165) is 24.4 Å². The predicted octanol–water partition coefficient (Wildman–Crippen LogP) is 4.27. The summed E-state index contributed by atoms with van der Waals surface area (Å²) in [6.07, 6.45) is 0.946. The Hall–Kier alpha value is -2.06. The van der Waals surface area contributed by atoms with Crippen molar-refractivity contribution in [2.75, 3.05) is 13.1 Å². The van der Waals surface area contributed by atoms with Crippen LogP contribution < -0.4 is 4.72 Å². The van der Waals surface area contributed by atoms with Gasteiger partial charge in [-0.05, 0) is 59.7 Å². The predicted molar refractivity (Wildman–Crippen MR) is 114 cm³/mol. The average Bonchev–Trinajstić information content (AvgIpc) is 3.22. The van der Waals surface area contributed by atoms with E-state index in [1.807, 2.05) is 23.6 Å². The zero-order valence-electron chi connectivity index (χ0n) is 16.1. The maximum absolute atomic E-state index is 13.4. The minimum atomic E-state index is -3.73. The number of aryl methyl sites for hydroxylation is 1. The molecule has 4 rings (SSSR count). The second-order valence-electron chi connectivity index (χ2n) is 7.28. The monoisotopic (exact) mass is 430 g/mol. The molecule has 0 aliphatic carbocycles. The second-order valence-corrected chi connectivity index (χ2v) is 10.00. The van der Waals surface area contributed by atoms with Gasteiger partial charge < -0.3 is 0 Å². The number of sulfonamides is 1. The summed E-state index contributed by atoms with van der Waals surface area (Å²) < 4.78 is 41.9. The molecule has 1 aromatic heterocycles. The van der Waals surface area contributed by atoms with E-state index in [4.69, 9.17) is 0 Å². The molecule has 2 heterocycles. The lowest BCUT2D eigenvalue weighted by Gasteiger charge is -2.35. The number of hydrogen-bond donors (Lipinski definition) is 1. The van der Waals surface area contributed by atoms with Gasteiger partial charge in [0, 0.05) is 24.5 Å². The SMILES string of the molecule is Cc1cc(F)ccc1S(=O)(=O)NCC(c1cccs1)N1CCc2ccccc2C1. The van der Waals surface area contributed by atoms with E-state index in [9.17, 15) is 12.8 Å². The third-order valence-corrected chi connectivity index (χ3v) is 7.92. The van der Waals surface area contributed by atoms with Crippen LogP contribution in [0.1, 0.15) is 27.6 Å². The van der Waals surface area contributed by atoms with Gasteiger partial charge in [-0.25, -0.2) is 17.5 Å². The molecule has 29 heavy (non-hydrogen) atoms. The van der Waals surface area contributed by atoms with Crippen LogP contribution in [-0.4, -0.2) is 26.4 Å². The zero-order valence-corrected chi connectivity index (χ0v) is 17.8. The largest absolute Gasteiger partial charge is 0.290 e. The van der Waals surface area contributed by atoms with Crippen molar-refractivity contribution >= 4 is 21.4 Å². The summed E-state index contributed by atoms with van der Waals surface area (Å²) in [6, 6.07) is 16.1. The Morgan fingerprint density at radius 1 is 1.14 bits per heavy atom. The highest BCUT2D eigenvalue weighted by Crippen LogP contribution is 2.30. The fourth-order valence-electron chi connectivity index (χ4n) is 3.85. The van der Waals surface area contributed by atoms with Gasteiger partial charge in [-0.2, -0.15) is 0 Å². The van der Waals surface area contributed by atoms with Crippen LogP contribution in [0.3, 0.4) is 0 Å². The Morgan fingerprint density at radius 3 is 2.66 bits per heavy atom. The smallest absolute Gasteiger partial charge is 0.240 e. The summed E-state index contributed by atoms with van der Waals surface area (Å²) in [5.41, 5.74) is 3.05. The summed E-state index contributed by atoms with van der Waals surface area (Å²) in [5, 5.41) is 2.01. The number of halogens is 1. The first-order chi connectivity index (χ1) is 13.9. The number of nitrogens with zero attached hydrogens (tertiary/aromatic N) is 1. The molecule has 0 radical (unpaired) electrons. The van der Waals surface area contributed by atoms with Crippen molar-refractivity contribution in [3.63, 3.8) is 0 Å². The van der Waals surface area contributed by atoms with Gasteiger partial charge in [-0.1, -0.05) is 30.3 Å². The van der Waals surface area contributed by atoms with Gasteiger partial charge in [0.25, 0.3) is 0 Å². The molecule has 1 aliphatic heterocycles. The van der Waals surface area contributed by atoms with E-state index in [-0.39, 0.29) is 17.5 Å². The van der Waals surface area contributed by atoms with Crippen LogP contribution in [-0.2, 0) is 23.0 Å². The third kappa shape index (κ3) is 4.43. The Kier molecular flexibility index (Phi) is 5.83. The first-order valence-corrected chi connectivity index (χ1v) is 11.9. The molecule has 3 aromatic rings. The summed E-state index contributed by atoms with van der Waals surface area (Å²) in [7, 11) is -3.73. The standard InChI is InChI=1S/C22H23FN2O2S2/c1-16-13-19(23)8-9-22(16)29(26,27)24-14-20(21-7-4-12-28-21)25-11-10-17-5-2-3-6-18(17)15-25/h2-9,12-13,20,24H,10-11,14-15H2,1H3. The van der Waals surface area contributed by atoms with Gasteiger partial charge in [0.15, 0.2) is 0 Å². The van der Waals surface area contributed by atoms with Crippen LogP contribution >= 0.6 is 11.3 Å². The molecule has 152 valence electrons. The number of rotatable bonds is 6. The minimum absolute atomic E-state index is 0.0566. The summed E-state index contributed by atoms with van der Waals surface area (Å²) in [6.45, 7) is 3.53. The van der Waals surface area contributed by atoms with Crippen molar-refractivity contribution in [2.45, 2.75) is 30.8 Å². The molecule has 0 saturated carbocycles. The molecular weight excluding hydrogens is 407 g/mol. The number of thiophene rings is 1. The molecular formula is C22H23FN2O2S2. The molecule has 1 unspecified atom stereocenters. The van der Waals surface area contributed by atoms with Crippen LogP contribution in [0.25, 0.3) is 0 Å². The van der Waals surface area contributed by atoms with E-state index in [1.54, 1.807) is 18.3 Å². The highest BCUT2D eigenvalue weighted by atomic mass is 32.2. The summed E-state index contributed by atoms with van der Waals surface area (Å²) in [4.78, 5) is 3.57. The van der Waals surface area contributed by atoms with Crippen molar-refractivity contribution in [1.29, 1.82) is 0 Å². The summed E-state index contributed by atoms with van der Waals surface area (Å²) in [5.74, 6) is -0.440. The van der Waals surface area contributed by atoms with E-state index < -0.39 is 15.8 Å². The number of benzene rings is 2. The van der Waals surface area contributed by atoms with Crippen LogP contribution in [0.4, 0.5) is 4.39 Å². The molecule has 7 heteroatoms. The molecule has 4 nitrogen and oxygen atoms in total. The van der Waals surface area contributed by atoms with Crippen LogP contribution in [0.15, 0.2) is 64.9 Å². The Bertz CT molecular complexity index is 1100. The topological polar surface area (TPSA) is 49.4 Å². The second kappa shape index (κ2) is 8.36. The first-order valence-electron chi connectivity index (χ1n) is 9.54. The maximum Gasteiger partial charge on any atom is 0.240 e. The van der Waals surface area contributed by atoms with Crippen LogP contribution in [0.5, 0.6) is 0 Å². The highest BCUT2D eigenvalue weighted by molar-refractivity contribution is 7.89.